The fourth-order valence-electron chi connectivity index (χ4n) is 0.759. The number of aryl methyl sites for hydroxylation is 1. The average molecular weight is 197 g/mol. The minimum atomic E-state index is 0.182. The molecule has 0 amide bonds. The molecule has 1 heterocycles. The van der Waals surface area contributed by atoms with E-state index in [4.69, 9.17) is 22.8 Å². The van der Waals surface area contributed by atoms with Crippen molar-refractivity contribution in [3.8, 4) is 18.2 Å². The zero-order valence-electron chi connectivity index (χ0n) is 7.25. The third-order valence-electron chi connectivity index (χ3n) is 1.38. The molecule has 1 rings (SSSR count). The predicted octanol–water partition coefficient (Wildman–Crippen LogP) is 1.84. The van der Waals surface area contributed by atoms with Gasteiger partial charge in [0.1, 0.15) is 6.61 Å². The summed E-state index contributed by atoms with van der Waals surface area (Å²) in [6.07, 6.45) is 7.24. The first kappa shape index (κ1) is 9.82. The Morgan fingerprint density at radius 3 is 3.15 bits per heavy atom. The molecule has 3 nitrogen and oxygen atoms in total. The highest BCUT2D eigenvalue weighted by molar-refractivity contribution is 6.28. The van der Waals surface area contributed by atoms with E-state index in [9.17, 15) is 0 Å². The third kappa shape index (κ3) is 2.92. The number of aromatic nitrogens is 2. The largest absolute Gasteiger partial charge is 0.476 e. The SMILES string of the molecule is C#CCCOc1nc(Cl)ncc1C. The van der Waals surface area contributed by atoms with Crippen LogP contribution in [-0.4, -0.2) is 16.6 Å². The van der Waals surface area contributed by atoms with Gasteiger partial charge in [-0.2, -0.15) is 4.98 Å². The Balaban J connectivity index is 2.65. The van der Waals surface area contributed by atoms with Gasteiger partial charge in [-0.15, -0.1) is 12.3 Å². The lowest BCUT2D eigenvalue weighted by Crippen LogP contribution is -2.00. The maximum atomic E-state index is 5.59. The van der Waals surface area contributed by atoms with E-state index in [-0.39, 0.29) is 5.28 Å². The van der Waals surface area contributed by atoms with Crippen LogP contribution >= 0.6 is 11.6 Å². The van der Waals surface area contributed by atoms with E-state index in [1.807, 2.05) is 6.92 Å². The van der Waals surface area contributed by atoms with Crippen molar-refractivity contribution in [3.05, 3.63) is 17.0 Å². The van der Waals surface area contributed by atoms with Crippen molar-refractivity contribution in [2.75, 3.05) is 6.61 Å². The van der Waals surface area contributed by atoms with Gasteiger partial charge < -0.3 is 4.74 Å². The van der Waals surface area contributed by atoms with Gasteiger partial charge in [-0.05, 0) is 18.5 Å². The second-order valence-corrected chi connectivity index (χ2v) is 2.77. The van der Waals surface area contributed by atoms with Gasteiger partial charge in [0, 0.05) is 18.2 Å². The van der Waals surface area contributed by atoms with Crippen LogP contribution in [0.5, 0.6) is 5.88 Å². The first-order valence-electron chi connectivity index (χ1n) is 3.79. The Bertz CT molecular complexity index is 333. The molecule has 0 aromatic carbocycles. The van der Waals surface area contributed by atoms with Gasteiger partial charge in [0.05, 0.1) is 0 Å². The summed E-state index contributed by atoms with van der Waals surface area (Å²) in [6.45, 7) is 2.30. The van der Waals surface area contributed by atoms with Gasteiger partial charge in [0.2, 0.25) is 11.2 Å². The van der Waals surface area contributed by atoms with Crippen molar-refractivity contribution < 1.29 is 4.74 Å². The van der Waals surface area contributed by atoms with Gasteiger partial charge in [-0.1, -0.05) is 0 Å². The van der Waals surface area contributed by atoms with Crippen molar-refractivity contribution in [2.24, 2.45) is 0 Å². The Hall–Kier alpha value is -1.27. The molecule has 0 radical (unpaired) electrons. The van der Waals surface area contributed by atoms with Crippen molar-refractivity contribution in [1.29, 1.82) is 0 Å². The number of hydrogen-bond acceptors (Lipinski definition) is 3. The number of hydrogen-bond donors (Lipinski definition) is 0. The Morgan fingerprint density at radius 2 is 2.46 bits per heavy atom. The summed E-state index contributed by atoms with van der Waals surface area (Å²) in [5.41, 5.74) is 0.849. The van der Waals surface area contributed by atoms with Crippen LogP contribution in [0.4, 0.5) is 0 Å². The fourth-order valence-corrected chi connectivity index (χ4v) is 0.884. The summed E-state index contributed by atoms with van der Waals surface area (Å²) in [4.78, 5) is 7.71. The molecule has 0 bridgehead atoms. The van der Waals surface area contributed by atoms with E-state index < -0.39 is 0 Å². The smallest absolute Gasteiger partial charge is 0.225 e. The average Bonchev–Trinajstić information content (AvgIpc) is 2.11. The quantitative estimate of drug-likeness (QED) is 0.420. The summed E-state index contributed by atoms with van der Waals surface area (Å²) in [7, 11) is 0. The molecule has 0 aliphatic rings. The molecule has 0 atom stereocenters. The molecule has 0 saturated carbocycles. The number of rotatable bonds is 3. The van der Waals surface area contributed by atoms with Crippen LogP contribution in [0.2, 0.25) is 5.28 Å². The molecule has 1 aromatic rings. The standard InChI is InChI=1S/C9H9ClN2O/c1-3-4-5-13-8-7(2)6-11-9(10)12-8/h1,6H,4-5H2,2H3. The first-order valence-corrected chi connectivity index (χ1v) is 4.17. The summed E-state index contributed by atoms with van der Waals surface area (Å²) in [6, 6.07) is 0. The van der Waals surface area contributed by atoms with Gasteiger partial charge in [-0.25, -0.2) is 4.98 Å². The molecule has 13 heavy (non-hydrogen) atoms. The third-order valence-corrected chi connectivity index (χ3v) is 1.56. The summed E-state index contributed by atoms with van der Waals surface area (Å²) in [5, 5.41) is 0.182. The second-order valence-electron chi connectivity index (χ2n) is 2.43. The molecule has 0 fully saturated rings. The van der Waals surface area contributed by atoms with E-state index in [1.165, 1.54) is 0 Å². The second kappa shape index (κ2) is 4.68. The van der Waals surface area contributed by atoms with Crippen molar-refractivity contribution in [1.82, 2.24) is 9.97 Å². The number of halogens is 1. The van der Waals surface area contributed by atoms with E-state index in [2.05, 4.69) is 15.9 Å². The number of ether oxygens (including phenoxy) is 1. The molecule has 0 saturated heterocycles. The van der Waals surface area contributed by atoms with Gasteiger partial charge in [0.25, 0.3) is 0 Å². The highest BCUT2D eigenvalue weighted by Crippen LogP contribution is 2.14. The summed E-state index contributed by atoms with van der Waals surface area (Å²) >= 11 is 5.59. The highest BCUT2D eigenvalue weighted by atomic mass is 35.5. The van der Waals surface area contributed by atoms with E-state index >= 15 is 0 Å². The molecule has 1 aromatic heterocycles. The van der Waals surface area contributed by atoms with Crippen LogP contribution in [0, 0.1) is 19.3 Å². The highest BCUT2D eigenvalue weighted by Gasteiger charge is 2.02. The molecule has 0 N–H and O–H groups in total. The Kier molecular flexibility index (Phi) is 3.53. The molecular weight excluding hydrogens is 188 g/mol. The van der Waals surface area contributed by atoms with Crippen LogP contribution in [0.1, 0.15) is 12.0 Å². The summed E-state index contributed by atoms with van der Waals surface area (Å²) in [5.74, 6) is 2.97. The lowest BCUT2D eigenvalue weighted by atomic mass is 10.4. The monoisotopic (exact) mass is 196 g/mol. The molecular formula is C9H9ClN2O. The molecule has 0 aliphatic carbocycles. The van der Waals surface area contributed by atoms with Crippen LogP contribution in [0.15, 0.2) is 6.20 Å². The van der Waals surface area contributed by atoms with Crippen LogP contribution < -0.4 is 4.74 Å². The molecule has 4 heteroatoms. The number of nitrogens with zero attached hydrogens (tertiary/aromatic N) is 2. The van der Waals surface area contributed by atoms with Gasteiger partial charge >= 0.3 is 0 Å². The zero-order chi connectivity index (χ0) is 9.68. The summed E-state index contributed by atoms with van der Waals surface area (Å²) < 4.78 is 5.28. The van der Waals surface area contributed by atoms with Gasteiger partial charge in [0.15, 0.2) is 0 Å². The van der Waals surface area contributed by atoms with Crippen LogP contribution in [0.25, 0.3) is 0 Å². The van der Waals surface area contributed by atoms with Gasteiger partial charge in [-0.3, -0.25) is 0 Å². The van der Waals surface area contributed by atoms with Crippen molar-refractivity contribution >= 4 is 11.6 Å². The molecule has 0 spiro atoms. The maximum Gasteiger partial charge on any atom is 0.225 e. The van der Waals surface area contributed by atoms with Crippen LogP contribution in [0.3, 0.4) is 0 Å². The molecule has 0 unspecified atom stereocenters. The first-order chi connectivity index (χ1) is 6.24. The normalized spacial score (nSPS) is 9.31. The minimum absolute atomic E-state index is 0.182. The van der Waals surface area contributed by atoms with E-state index in [1.54, 1.807) is 6.20 Å². The predicted molar refractivity (Wildman–Crippen MR) is 50.7 cm³/mol. The minimum Gasteiger partial charge on any atom is -0.476 e. The number of terminal acetylenes is 1. The lowest BCUT2D eigenvalue weighted by Gasteiger charge is -2.05. The Labute approximate surface area is 82.1 Å². The van der Waals surface area contributed by atoms with E-state index in [0.717, 1.165) is 5.56 Å². The lowest BCUT2D eigenvalue weighted by molar-refractivity contribution is 0.311. The topological polar surface area (TPSA) is 35.0 Å². The molecule has 0 aliphatic heterocycles. The van der Waals surface area contributed by atoms with Crippen molar-refractivity contribution in [3.63, 3.8) is 0 Å². The van der Waals surface area contributed by atoms with E-state index in [0.29, 0.717) is 18.9 Å². The fraction of sp³-hybridized carbons (Fsp3) is 0.333. The van der Waals surface area contributed by atoms with Crippen LogP contribution in [-0.2, 0) is 0 Å². The van der Waals surface area contributed by atoms with Crippen molar-refractivity contribution in [2.45, 2.75) is 13.3 Å². The Morgan fingerprint density at radius 1 is 1.69 bits per heavy atom. The molecule has 68 valence electrons. The zero-order valence-corrected chi connectivity index (χ0v) is 8.01. The maximum absolute atomic E-state index is 5.59.